The van der Waals surface area contributed by atoms with Crippen molar-refractivity contribution in [2.75, 3.05) is 6.26 Å². The van der Waals surface area contributed by atoms with Gasteiger partial charge in [-0.05, 0) is 11.8 Å². The van der Waals surface area contributed by atoms with Crippen LogP contribution in [0.1, 0.15) is 32.3 Å². The van der Waals surface area contributed by atoms with E-state index in [1.54, 1.807) is 17.1 Å². The number of rotatable bonds is 8. The largest absolute Gasteiger partial charge is 0.481 e. The minimum atomic E-state index is -3.47. The molecule has 0 aliphatic heterocycles. The Kier molecular flexibility index (Phi) is 5.29. The lowest BCUT2D eigenvalue weighted by molar-refractivity contribution is -0.137. The average Bonchev–Trinajstić information content (AvgIpc) is 2.70. The van der Waals surface area contributed by atoms with Crippen molar-refractivity contribution in [2.45, 2.75) is 39.8 Å². The monoisotopic (exact) mass is 304 g/mol. The SMILES string of the molecule is CC(C)(CCC(=O)O)Cn1cc(COS(C)(=O)=O)cn1. The van der Waals surface area contributed by atoms with Gasteiger partial charge in [-0.2, -0.15) is 13.5 Å². The van der Waals surface area contributed by atoms with Gasteiger partial charge in [0, 0.05) is 24.7 Å². The van der Waals surface area contributed by atoms with E-state index in [1.165, 1.54) is 0 Å². The number of carboxylic acids is 1. The molecule has 20 heavy (non-hydrogen) atoms. The highest BCUT2D eigenvalue weighted by Gasteiger charge is 2.20. The number of aromatic nitrogens is 2. The lowest BCUT2D eigenvalue weighted by atomic mass is 9.88. The van der Waals surface area contributed by atoms with Crippen LogP contribution in [0.2, 0.25) is 0 Å². The third-order valence-corrected chi connectivity index (χ3v) is 3.28. The van der Waals surface area contributed by atoms with Gasteiger partial charge in [-0.15, -0.1) is 0 Å². The summed E-state index contributed by atoms with van der Waals surface area (Å²) in [6.45, 7) is 4.43. The van der Waals surface area contributed by atoms with Crippen LogP contribution >= 0.6 is 0 Å². The number of hydrogen-bond donors (Lipinski definition) is 1. The van der Waals surface area contributed by atoms with E-state index in [-0.39, 0.29) is 18.4 Å². The molecule has 0 atom stereocenters. The lowest BCUT2D eigenvalue weighted by Gasteiger charge is -2.23. The van der Waals surface area contributed by atoms with Gasteiger partial charge in [0.25, 0.3) is 10.1 Å². The van der Waals surface area contributed by atoms with Gasteiger partial charge in [0.05, 0.1) is 19.1 Å². The Morgan fingerprint density at radius 3 is 2.70 bits per heavy atom. The number of carboxylic acid groups (broad SMARTS) is 1. The Hall–Kier alpha value is -1.41. The zero-order chi connectivity index (χ0) is 15.4. The molecule has 0 radical (unpaired) electrons. The molecule has 0 bridgehead atoms. The highest BCUT2D eigenvalue weighted by atomic mass is 32.2. The van der Waals surface area contributed by atoms with Crippen molar-refractivity contribution in [1.29, 1.82) is 0 Å². The normalized spacial score (nSPS) is 12.6. The molecule has 1 rings (SSSR count). The van der Waals surface area contributed by atoms with E-state index in [2.05, 4.69) is 9.28 Å². The third-order valence-electron chi connectivity index (χ3n) is 2.73. The summed E-state index contributed by atoms with van der Waals surface area (Å²) in [6, 6.07) is 0. The van der Waals surface area contributed by atoms with Gasteiger partial charge < -0.3 is 5.11 Å². The smallest absolute Gasteiger partial charge is 0.303 e. The maximum atomic E-state index is 10.9. The maximum absolute atomic E-state index is 10.9. The third kappa shape index (κ3) is 6.67. The van der Waals surface area contributed by atoms with Gasteiger partial charge in [0.15, 0.2) is 0 Å². The van der Waals surface area contributed by atoms with E-state index in [0.29, 0.717) is 18.5 Å². The quantitative estimate of drug-likeness (QED) is 0.726. The van der Waals surface area contributed by atoms with Crippen LogP contribution in [0, 0.1) is 5.41 Å². The first-order chi connectivity index (χ1) is 9.07. The van der Waals surface area contributed by atoms with Gasteiger partial charge >= 0.3 is 5.97 Å². The standard InChI is InChI=1S/C12H20N2O5S/c1-12(2,5-4-11(15)16)9-14-7-10(6-13-14)8-19-20(3,17)18/h6-7H,4-5,8-9H2,1-3H3,(H,15,16). The van der Waals surface area contributed by atoms with E-state index >= 15 is 0 Å². The first kappa shape index (κ1) is 16.6. The predicted octanol–water partition coefficient (Wildman–Crippen LogP) is 1.25. The van der Waals surface area contributed by atoms with E-state index in [1.807, 2.05) is 13.8 Å². The Morgan fingerprint density at radius 1 is 1.50 bits per heavy atom. The number of carbonyl (C=O) groups is 1. The Balaban J connectivity index is 2.56. The molecular weight excluding hydrogens is 284 g/mol. The molecule has 0 aliphatic carbocycles. The summed E-state index contributed by atoms with van der Waals surface area (Å²) in [5, 5.41) is 12.8. The summed E-state index contributed by atoms with van der Waals surface area (Å²) in [6.07, 6.45) is 4.88. The second kappa shape index (κ2) is 6.36. The van der Waals surface area contributed by atoms with Crippen LogP contribution in [0.3, 0.4) is 0 Å². The number of aliphatic carboxylic acids is 1. The summed E-state index contributed by atoms with van der Waals surface area (Å²) in [5.41, 5.74) is 0.448. The van der Waals surface area contributed by atoms with Gasteiger partial charge in [-0.25, -0.2) is 0 Å². The van der Waals surface area contributed by atoms with Crippen molar-refractivity contribution in [2.24, 2.45) is 5.41 Å². The molecule has 0 unspecified atom stereocenters. The summed E-state index contributed by atoms with van der Waals surface area (Å²) in [4.78, 5) is 10.6. The Morgan fingerprint density at radius 2 is 2.15 bits per heavy atom. The van der Waals surface area contributed by atoms with Crippen LogP contribution in [-0.4, -0.2) is 35.5 Å². The van der Waals surface area contributed by atoms with Gasteiger partial charge in [-0.1, -0.05) is 13.8 Å². The summed E-state index contributed by atoms with van der Waals surface area (Å²) in [7, 11) is -3.47. The Bertz CT molecular complexity index is 562. The molecule has 0 aliphatic rings. The number of hydrogen-bond acceptors (Lipinski definition) is 5. The Labute approximate surface area is 118 Å². The molecule has 1 heterocycles. The predicted molar refractivity (Wildman–Crippen MR) is 72.5 cm³/mol. The van der Waals surface area contributed by atoms with Crippen molar-refractivity contribution in [1.82, 2.24) is 9.78 Å². The molecule has 0 spiro atoms. The topological polar surface area (TPSA) is 98.5 Å². The molecule has 0 fully saturated rings. The van der Waals surface area contributed by atoms with Crippen LogP contribution in [0.5, 0.6) is 0 Å². The molecule has 0 amide bonds. The van der Waals surface area contributed by atoms with Crippen molar-refractivity contribution in [3.05, 3.63) is 18.0 Å². The zero-order valence-electron chi connectivity index (χ0n) is 11.9. The van der Waals surface area contributed by atoms with Crippen molar-refractivity contribution < 1.29 is 22.5 Å². The van der Waals surface area contributed by atoms with Crippen molar-refractivity contribution in [3.8, 4) is 0 Å². The maximum Gasteiger partial charge on any atom is 0.303 e. The molecule has 0 saturated carbocycles. The van der Waals surface area contributed by atoms with Crippen molar-refractivity contribution >= 4 is 16.1 Å². The highest BCUT2D eigenvalue weighted by molar-refractivity contribution is 7.85. The number of nitrogens with zero attached hydrogens (tertiary/aromatic N) is 2. The molecule has 7 nitrogen and oxygen atoms in total. The van der Waals surface area contributed by atoms with E-state index in [4.69, 9.17) is 5.11 Å². The summed E-state index contributed by atoms with van der Waals surface area (Å²) >= 11 is 0. The first-order valence-electron chi connectivity index (χ1n) is 6.15. The molecule has 0 aromatic carbocycles. The van der Waals surface area contributed by atoms with E-state index in [9.17, 15) is 13.2 Å². The molecule has 1 aromatic rings. The minimum absolute atomic E-state index is 0.0472. The fourth-order valence-electron chi connectivity index (χ4n) is 1.71. The molecule has 8 heteroatoms. The molecule has 114 valence electrons. The van der Waals surface area contributed by atoms with Crippen LogP contribution < -0.4 is 0 Å². The zero-order valence-corrected chi connectivity index (χ0v) is 12.7. The first-order valence-corrected chi connectivity index (χ1v) is 7.97. The fraction of sp³-hybridized carbons (Fsp3) is 0.667. The highest BCUT2D eigenvalue weighted by Crippen LogP contribution is 2.24. The molecular formula is C12H20N2O5S. The molecule has 0 saturated heterocycles. The second-order valence-corrected chi connectivity index (χ2v) is 7.21. The lowest BCUT2D eigenvalue weighted by Crippen LogP contribution is -2.21. The minimum Gasteiger partial charge on any atom is -0.481 e. The second-order valence-electron chi connectivity index (χ2n) is 5.57. The van der Waals surface area contributed by atoms with Gasteiger partial charge in [0.2, 0.25) is 0 Å². The average molecular weight is 304 g/mol. The van der Waals surface area contributed by atoms with E-state index in [0.717, 1.165) is 6.26 Å². The van der Waals surface area contributed by atoms with Crippen LogP contribution in [0.25, 0.3) is 0 Å². The van der Waals surface area contributed by atoms with Crippen LogP contribution in [0.15, 0.2) is 12.4 Å². The summed E-state index contributed by atoms with van der Waals surface area (Å²) < 4.78 is 28.1. The van der Waals surface area contributed by atoms with E-state index < -0.39 is 16.1 Å². The van der Waals surface area contributed by atoms with Gasteiger partial charge in [0.1, 0.15) is 0 Å². The fourth-order valence-corrected chi connectivity index (χ4v) is 2.06. The summed E-state index contributed by atoms with van der Waals surface area (Å²) in [5.74, 6) is -0.819. The molecule has 1 N–H and O–H groups in total. The van der Waals surface area contributed by atoms with Crippen LogP contribution in [0.4, 0.5) is 0 Å². The van der Waals surface area contributed by atoms with Gasteiger partial charge in [-0.3, -0.25) is 13.7 Å². The van der Waals surface area contributed by atoms with Crippen LogP contribution in [-0.2, 0) is 32.2 Å². The molecule has 1 aromatic heterocycles. The van der Waals surface area contributed by atoms with Crippen molar-refractivity contribution in [3.63, 3.8) is 0 Å².